The van der Waals surface area contributed by atoms with Gasteiger partial charge in [-0.1, -0.05) is 23.2 Å². The SMILES string of the molecule is CN(C(=O)/C=C1\CC(OC(=O)O)Nc2cc(Cl)cc(Cl)c21)c1ccc(C#N)cc1. The third-order valence-electron chi connectivity index (χ3n) is 4.35. The third-order valence-corrected chi connectivity index (χ3v) is 4.87. The number of carbonyl (C=O) groups is 2. The fourth-order valence-corrected chi connectivity index (χ4v) is 3.61. The number of rotatable bonds is 3. The number of nitriles is 1. The highest BCUT2D eigenvalue weighted by molar-refractivity contribution is 6.36. The Balaban J connectivity index is 1.96. The molecule has 2 aromatic carbocycles. The third kappa shape index (κ3) is 4.62. The smallest absolute Gasteiger partial charge is 0.450 e. The molecule has 0 bridgehead atoms. The number of carboxylic acid groups (broad SMARTS) is 1. The van der Waals surface area contributed by atoms with Gasteiger partial charge in [-0.25, -0.2) is 4.79 Å². The summed E-state index contributed by atoms with van der Waals surface area (Å²) >= 11 is 12.4. The topological polar surface area (TPSA) is 103 Å². The van der Waals surface area contributed by atoms with E-state index in [1.165, 1.54) is 11.0 Å². The van der Waals surface area contributed by atoms with Crippen molar-refractivity contribution in [3.63, 3.8) is 0 Å². The van der Waals surface area contributed by atoms with Gasteiger partial charge in [0.2, 0.25) is 0 Å². The molecule has 1 unspecified atom stereocenters. The average Bonchev–Trinajstić information content (AvgIpc) is 2.66. The lowest BCUT2D eigenvalue weighted by Gasteiger charge is -2.29. The van der Waals surface area contributed by atoms with Gasteiger partial charge in [-0.05, 0) is 42.0 Å². The Kier molecular flexibility index (Phi) is 5.97. The number of nitrogens with one attached hydrogen (secondary N) is 1. The van der Waals surface area contributed by atoms with E-state index in [9.17, 15) is 9.59 Å². The van der Waals surface area contributed by atoms with Gasteiger partial charge in [0.25, 0.3) is 5.91 Å². The Hall–Kier alpha value is -3.21. The van der Waals surface area contributed by atoms with E-state index >= 15 is 0 Å². The van der Waals surface area contributed by atoms with Crippen LogP contribution in [0.3, 0.4) is 0 Å². The van der Waals surface area contributed by atoms with Gasteiger partial charge in [-0.2, -0.15) is 5.26 Å². The van der Waals surface area contributed by atoms with Crippen molar-refractivity contribution in [1.82, 2.24) is 0 Å². The van der Waals surface area contributed by atoms with Gasteiger partial charge in [0.05, 0.1) is 16.7 Å². The molecule has 29 heavy (non-hydrogen) atoms. The molecule has 7 nitrogen and oxygen atoms in total. The highest BCUT2D eigenvalue weighted by Crippen LogP contribution is 2.40. The first-order chi connectivity index (χ1) is 13.8. The van der Waals surface area contributed by atoms with E-state index in [4.69, 9.17) is 38.3 Å². The molecule has 0 spiro atoms. The molecule has 1 atom stereocenters. The van der Waals surface area contributed by atoms with Crippen LogP contribution in [0.25, 0.3) is 5.57 Å². The number of likely N-dealkylation sites (N-methyl/N-ethyl adjacent to an activating group) is 1. The summed E-state index contributed by atoms with van der Waals surface area (Å²) in [5, 5.41) is 21.4. The van der Waals surface area contributed by atoms with Crippen molar-refractivity contribution in [3.8, 4) is 6.07 Å². The fraction of sp³-hybridized carbons (Fsp3) is 0.150. The van der Waals surface area contributed by atoms with E-state index in [2.05, 4.69) is 5.32 Å². The molecular weight excluding hydrogens is 417 g/mol. The summed E-state index contributed by atoms with van der Waals surface area (Å²) in [6, 6.07) is 11.7. The molecule has 0 aliphatic carbocycles. The highest BCUT2D eigenvalue weighted by atomic mass is 35.5. The number of anilines is 2. The van der Waals surface area contributed by atoms with Crippen molar-refractivity contribution >= 4 is 52.2 Å². The molecule has 2 N–H and O–H groups in total. The van der Waals surface area contributed by atoms with E-state index in [1.807, 2.05) is 6.07 Å². The van der Waals surface area contributed by atoms with E-state index in [1.54, 1.807) is 43.4 Å². The second kappa shape index (κ2) is 8.43. The van der Waals surface area contributed by atoms with Gasteiger partial charge in [0.1, 0.15) is 0 Å². The Labute approximate surface area is 176 Å². The summed E-state index contributed by atoms with van der Waals surface area (Å²) in [7, 11) is 1.59. The number of carbonyl (C=O) groups excluding carboxylic acids is 1. The number of hydrogen-bond acceptors (Lipinski definition) is 5. The summed E-state index contributed by atoms with van der Waals surface area (Å²) in [5.74, 6) is -0.349. The maximum atomic E-state index is 12.8. The number of benzene rings is 2. The van der Waals surface area contributed by atoms with Crippen LogP contribution in [0.1, 0.15) is 17.5 Å². The molecule has 148 valence electrons. The van der Waals surface area contributed by atoms with Gasteiger partial charge in [-0.3, -0.25) is 4.79 Å². The van der Waals surface area contributed by atoms with Crippen molar-refractivity contribution in [2.75, 3.05) is 17.3 Å². The lowest BCUT2D eigenvalue weighted by Crippen LogP contribution is -2.31. The molecule has 0 fully saturated rings. The Morgan fingerprint density at radius 3 is 2.62 bits per heavy atom. The Bertz CT molecular complexity index is 1040. The maximum absolute atomic E-state index is 12.8. The summed E-state index contributed by atoms with van der Waals surface area (Å²) < 4.78 is 4.83. The normalized spacial score (nSPS) is 16.3. The zero-order valence-corrected chi connectivity index (χ0v) is 16.7. The molecule has 0 saturated carbocycles. The largest absolute Gasteiger partial charge is 0.507 e. The van der Waals surface area contributed by atoms with E-state index < -0.39 is 12.4 Å². The highest BCUT2D eigenvalue weighted by Gasteiger charge is 2.28. The van der Waals surface area contributed by atoms with Crippen LogP contribution >= 0.6 is 23.2 Å². The lowest BCUT2D eigenvalue weighted by atomic mass is 9.95. The molecule has 1 heterocycles. The van der Waals surface area contributed by atoms with Crippen LogP contribution in [-0.2, 0) is 9.53 Å². The zero-order chi connectivity index (χ0) is 21.1. The predicted molar refractivity (Wildman–Crippen MR) is 110 cm³/mol. The van der Waals surface area contributed by atoms with Crippen LogP contribution in [0.2, 0.25) is 10.0 Å². The summed E-state index contributed by atoms with van der Waals surface area (Å²) in [4.78, 5) is 25.2. The Morgan fingerprint density at radius 2 is 2.00 bits per heavy atom. The van der Waals surface area contributed by atoms with Crippen LogP contribution in [0.4, 0.5) is 16.2 Å². The molecule has 1 amide bonds. The number of nitrogens with zero attached hydrogens (tertiary/aromatic N) is 2. The molecule has 1 aliphatic rings. The first kappa shape index (κ1) is 20.5. The lowest BCUT2D eigenvalue weighted by molar-refractivity contribution is -0.113. The summed E-state index contributed by atoms with van der Waals surface area (Å²) in [6.45, 7) is 0. The van der Waals surface area contributed by atoms with Crippen LogP contribution in [0, 0.1) is 11.3 Å². The second-order valence-corrected chi connectivity index (χ2v) is 7.10. The predicted octanol–water partition coefficient (Wildman–Crippen LogP) is 4.75. The number of halogens is 2. The fourth-order valence-electron chi connectivity index (χ4n) is 3.00. The van der Waals surface area contributed by atoms with Crippen LogP contribution < -0.4 is 10.2 Å². The minimum atomic E-state index is -1.44. The number of fused-ring (bicyclic) bond motifs is 1. The first-order valence-electron chi connectivity index (χ1n) is 8.42. The minimum Gasteiger partial charge on any atom is -0.450 e. The van der Waals surface area contributed by atoms with E-state index in [0.717, 1.165) is 0 Å². The minimum absolute atomic E-state index is 0.105. The van der Waals surface area contributed by atoms with Crippen molar-refractivity contribution in [2.45, 2.75) is 12.6 Å². The van der Waals surface area contributed by atoms with Gasteiger partial charge < -0.3 is 20.1 Å². The molecule has 3 rings (SSSR count). The van der Waals surface area contributed by atoms with Crippen molar-refractivity contribution in [2.24, 2.45) is 0 Å². The van der Waals surface area contributed by atoms with Crippen LogP contribution in [0.5, 0.6) is 0 Å². The molecular formula is C20H15Cl2N3O4. The van der Waals surface area contributed by atoms with Crippen molar-refractivity contribution in [3.05, 3.63) is 63.6 Å². The van der Waals surface area contributed by atoms with Crippen molar-refractivity contribution in [1.29, 1.82) is 5.26 Å². The molecule has 2 aromatic rings. The van der Waals surface area contributed by atoms with Gasteiger partial charge in [0.15, 0.2) is 6.23 Å². The molecule has 0 saturated heterocycles. The molecule has 0 aromatic heterocycles. The molecule has 1 aliphatic heterocycles. The van der Waals surface area contributed by atoms with Gasteiger partial charge >= 0.3 is 6.16 Å². The van der Waals surface area contributed by atoms with E-state index in [-0.39, 0.29) is 12.3 Å². The average molecular weight is 432 g/mol. The Morgan fingerprint density at radius 1 is 1.31 bits per heavy atom. The van der Waals surface area contributed by atoms with Gasteiger partial charge in [0, 0.05) is 41.5 Å². The number of hydrogen-bond donors (Lipinski definition) is 2. The summed E-state index contributed by atoms with van der Waals surface area (Å²) in [6.07, 6.45) is -0.850. The monoisotopic (exact) mass is 431 g/mol. The van der Waals surface area contributed by atoms with Crippen LogP contribution in [-0.4, -0.2) is 30.4 Å². The maximum Gasteiger partial charge on any atom is 0.507 e. The first-order valence-corrected chi connectivity index (χ1v) is 9.18. The van der Waals surface area contributed by atoms with Crippen molar-refractivity contribution < 1.29 is 19.4 Å². The number of amides is 1. The standard InChI is InChI=1S/C20H15Cl2N3O4/c1-25(14-4-2-11(10-23)3-5-14)18(26)7-12-6-17(29-20(27)28)24-16-9-13(21)8-15(22)19(12)16/h2-5,7-9,17,24H,6H2,1H3,(H,27,28)/b12-7+. The quantitative estimate of drug-likeness (QED) is 0.536. The number of ether oxygens (including phenoxy) is 1. The van der Waals surface area contributed by atoms with Gasteiger partial charge in [-0.15, -0.1) is 0 Å². The molecule has 0 radical (unpaired) electrons. The summed E-state index contributed by atoms with van der Waals surface area (Å²) in [5.41, 5.74) is 2.62. The van der Waals surface area contributed by atoms with Crippen LogP contribution in [0.15, 0.2) is 42.5 Å². The zero-order valence-electron chi connectivity index (χ0n) is 15.1. The second-order valence-electron chi connectivity index (χ2n) is 6.26. The molecule has 9 heteroatoms. The van der Waals surface area contributed by atoms with E-state index in [0.29, 0.717) is 38.1 Å².